The van der Waals surface area contributed by atoms with Crippen LogP contribution in [-0.2, 0) is 9.59 Å². The standard InChI is InChI=1S/C10H11F3O4/c1-9(7(14)15)2-5(11)3-10(4-9,6(12)13)8(16)17/h2,6H,3-4H2,1H3,(H,14,15)(H,16,17). The summed E-state index contributed by atoms with van der Waals surface area (Å²) in [6, 6.07) is 0. The Bertz CT molecular complexity index is 393. The molecular formula is C10H11F3O4. The lowest BCUT2D eigenvalue weighted by atomic mass is 9.66. The minimum absolute atomic E-state index is 0.693. The van der Waals surface area contributed by atoms with Gasteiger partial charge in [-0.2, -0.15) is 0 Å². The zero-order chi connectivity index (χ0) is 13.4. The summed E-state index contributed by atoms with van der Waals surface area (Å²) >= 11 is 0. The lowest BCUT2D eigenvalue weighted by molar-refractivity contribution is -0.168. The number of carboxylic acids is 2. The molecule has 0 spiro atoms. The summed E-state index contributed by atoms with van der Waals surface area (Å²) in [5, 5.41) is 17.7. The van der Waals surface area contributed by atoms with E-state index in [9.17, 15) is 22.8 Å². The van der Waals surface area contributed by atoms with Crippen molar-refractivity contribution in [3.8, 4) is 0 Å². The quantitative estimate of drug-likeness (QED) is 0.806. The summed E-state index contributed by atoms with van der Waals surface area (Å²) in [5.74, 6) is -4.55. The van der Waals surface area contributed by atoms with E-state index in [0.717, 1.165) is 6.92 Å². The molecule has 2 unspecified atom stereocenters. The molecule has 17 heavy (non-hydrogen) atoms. The number of hydrogen-bond donors (Lipinski definition) is 2. The monoisotopic (exact) mass is 252 g/mol. The highest BCUT2D eigenvalue weighted by atomic mass is 19.3. The third kappa shape index (κ3) is 2.13. The molecule has 96 valence electrons. The van der Waals surface area contributed by atoms with Gasteiger partial charge in [0, 0.05) is 6.42 Å². The van der Waals surface area contributed by atoms with Gasteiger partial charge in [-0.3, -0.25) is 9.59 Å². The van der Waals surface area contributed by atoms with Crippen molar-refractivity contribution < 1.29 is 33.0 Å². The highest BCUT2D eigenvalue weighted by Gasteiger charge is 2.56. The highest BCUT2D eigenvalue weighted by molar-refractivity contribution is 5.82. The summed E-state index contributed by atoms with van der Waals surface area (Å²) in [6.45, 7) is 1.02. The Morgan fingerprint density at radius 2 is 1.88 bits per heavy atom. The van der Waals surface area contributed by atoms with E-state index in [1.54, 1.807) is 0 Å². The highest BCUT2D eigenvalue weighted by Crippen LogP contribution is 2.49. The van der Waals surface area contributed by atoms with Gasteiger partial charge >= 0.3 is 11.9 Å². The Morgan fingerprint density at radius 3 is 2.24 bits per heavy atom. The molecule has 2 N–H and O–H groups in total. The average molecular weight is 252 g/mol. The minimum Gasteiger partial charge on any atom is -0.481 e. The molecule has 0 aromatic rings. The molecule has 0 saturated carbocycles. The van der Waals surface area contributed by atoms with Crippen LogP contribution in [-0.4, -0.2) is 28.6 Å². The van der Waals surface area contributed by atoms with Gasteiger partial charge in [-0.05, 0) is 19.4 Å². The summed E-state index contributed by atoms with van der Waals surface area (Å²) in [6.07, 6.45) is -4.46. The Morgan fingerprint density at radius 1 is 1.35 bits per heavy atom. The van der Waals surface area contributed by atoms with Crippen molar-refractivity contribution in [2.75, 3.05) is 0 Å². The summed E-state index contributed by atoms with van der Waals surface area (Å²) in [4.78, 5) is 21.8. The second-order valence-corrected chi connectivity index (χ2v) is 4.43. The predicted molar refractivity (Wildman–Crippen MR) is 50.2 cm³/mol. The molecular weight excluding hydrogens is 241 g/mol. The zero-order valence-electron chi connectivity index (χ0n) is 8.91. The van der Waals surface area contributed by atoms with Crippen molar-refractivity contribution >= 4 is 11.9 Å². The minimum atomic E-state index is -3.34. The third-order valence-corrected chi connectivity index (χ3v) is 2.97. The smallest absolute Gasteiger partial charge is 0.315 e. The van der Waals surface area contributed by atoms with Gasteiger partial charge in [0.25, 0.3) is 6.43 Å². The molecule has 0 fully saturated rings. The number of halogens is 3. The van der Waals surface area contributed by atoms with Crippen LogP contribution in [0.3, 0.4) is 0 Å². The first-order chi connectivity index (χ1) is 7.64. The fraction of sp³-hybridized carbons (Fsp3) is 0.600. The first kappa shape index (κ1) is 13.5. The van der Waals surface area contributed by atoms with Crippen LogP contribution in [0.2, 0.25) is 0 Å². The van der Waals surface area contributed by atoms with Crippen LogP contribution in [0.1, 0.15) is 19.8 Å². The second kappa shape index (κ2) is 4.05. The fourth-order valence-electron chi connectivity index (χ4n) is 2.00. The Labute approximate surface area is 94.7 Å². The number of alkyl halides is 2. The van der Waals surface area contributed by atoms with Gasteiger partial charge in [0.05, 0.1) is 11.2 Å². The predicted octanol–water partition coefficient (Wildman–Crippen LogP) is 2.06. The first-order valence-corrected chi connectivity index (χ1v) is 4.76. The number of hydrogen-bond acceptors (Lipinski definition) is 2. The SMILES string of the molecule is CC1(C(=O)O)C=C(F)CC(C(=O)O)(C(F)F)C1. The molecule has 0 aliphatic heterocycles. The number of carbonyl (C=O) groups is 2. The van der Waals surface area contributed by atoms with Gasteiger partial charge in [0.2, 0.25) is 0 Å². The maximum absolute atomic E-state index is 13.3. The van der Waals surface area contributed by atoms with Crippen LogP contribution in [0.4, 0.5) is 13.2 Å². The molecule has 1 rings (SSSR count). The second-order valence-electron chi connectivity index (χ2n) is 4.43. The lowest BCUT2D eigenvalue weighted by Crippen LogP contribution is -2.47. The van der Waals surface area contributed by atoms with E-state index >= 15 is 0 Å². The van der Waals surface area contributed by atoms with Crippen LogP contribution in [0.5, 0.6) is 0 Å². The van der Waals surface area contributed by atoms with Gasteiger partial charge in [-0.25, -0.2) is 13.2 Å². The molecule has 0 radical (unpaired) electrons. The van der Waals surface area contributed by atoms with Gasteiger partial charge in [-0.15, -0.1) is 0 Å². The van der Waals surface area contributed by atoms with E-state index in [2.05, 4.69) is 0 Å². The number of carboxylic acid groups (broad SMARTS) is 2. The van der Waals surface area contributed by atoms with E-state index in [0.29, 0.717) is 6.08 Å². The number of rotatable bonds is 3. The van der Waals surface area contributed by atoms with Crippen LogP contribution in [0, 0.1) is 10.8 Å². The van der Waals surface area contributed by atoms with Crippen molar-refractivity contribution in [1.82, 2.24) is 0 Å². The third-order valence-electron chi connectivity index (χ3n) is 2.97. The molecule has 0 saturated heterocycles. The van der Waals surface area contributed by atoms with Gasteiger partial charge in [0.1, 0.15) is 5.41 Å². The molecule has 2 atom stereocenters. The van der Waals surface area contributed by atoms with Crippen molar-refractivity contribution in [3.63, 3.8) is 0 Å². The van der Waals surface area contributed by atoms with E-state index < -0.39 is 47.9 Å². The molecule has 0 amide bonds. The van der Waals surface area contributed by atoms with E-state index in [1.165, 1.54) is 0 Å². The molecule has 7 heteroatoms. The normalized spacial score (nSPS) is 33.4. The van der Waals surface area contributed by atoms with Crippen molar-refractivity contribution in [2.24, 2.45) is 10.8 Å². The van der Waals surface area contributed by atoms with Crippen LogP contribution >= 0.6 is 0 Å². The summed E-state index contributed by atoms with van der Waals surface area (Å²) in [5.41, 5.74) is -4.61. The van der Waals surface area contributed by atoms with Crippen molar-refractivity contribution in [3.05, 3.63) is 11.9 Å². The largest absolute Gasteiger partial charge is 0.481 e. The molecule has 0 bridgehead atoms. The number of allylic oxidation sites excluding steroid dienone is 1. The van der Waals surface area contributed by atoms with E-state index in [-0.39, 0.29) is 0 Å². The van der Waals surface area contributed by atoms with Crippen LogP contribution < -0.4 is 0 Å². The number of aliphatic carboxylic acids is 2. The van der Waals surface area contributed by atoms with Crippen LogP contribution in [0.25, 0.3) is 0 Å². The summed E-state index contributed by atoms with van der Waals surface area (Å²) in [7, 11) is 0. The van der Waals surface area contributed by atoms with Gasteiger partial charge in [0.15, 0.2) is 0 Å². The fourth-order valence-corrected chi connectivity index (χ4v) is 2.00. The lowest BCUT2D eigenvalue weighted by Gasteiger charge is -2.37. The maximum atomic E-state index is 13.3. The molecule has 4 nitrogen and oxygen atoms in total. The van der Waals surface area contributed by atoms with E-state index in [4.69, 9.17) is 10.2 Å². The van der Waals surface area contributed by atoms with Gasteiger partial charge < -0.3 is 10.2 Å². The molecule has 1 aliphatic rings. The Balaban J connectivity index is 3.28. The Hall–Kier alpha value is -1.53. The van der Waals surface area contributed by atoms with Crippen LogP contribution in [0.15, 0.2) is 11.9 Å². The molecule has 0 heterocycles. The Kier molecular flexibility index (Phi) is 3.22. The first-order valence-electron chi connectivity index (χ1n) is 4.76. The van der Waals surface area contributed by atoms with Crippen molar-refractivity contribution in [2.45, 2.75) is 26.2 Å². The average Bonchev–Trinajstić information content (AvgIpc) is 2.15. The van der Waals surface area contributed by atoms with Crippen molar-refractivity contribution in [1.29, 1.82) is 0 Å². The molecule has 1 aliphatic carbocycles. The molecule has 0 aromatic carbocycles. The topological polar surface area (TPSA) is 74.6 Å². The maximum Gasteiger partial charge on any atom is 0.315 e. The molecule has 0 aromatic heterocycles. The zero-order valence-corrected chi connectivity index (χ0v) is 8.91. The summed E-state index contributed by atoms with van der Waals surface area (Å²) < 4.78 is 38.9. The van der Waals surface area contributed by atoms with Gasteiger partial charge in [-0.1, -0.05) is 0 Å². The van der Waals surface area contributed by atoms with E-state index in [1.807, 2.05) is 0 Å².